The van der Waals surface area contributed by atoms with Gasteiger partial charge in [0.05, 0.1) is 0 Å². The van der Waals surface area contributed by atoms with Crippen LogP contribution in [0, 0.1) is 5.92 Å². The monoisotopic (exact) mass is 260 g/mol. The van der Waals surface area contributed by atoms with Crippen LogP contribution < -0.4 is 5.73 Å². The maximum Gasteiger partial charge on any atom is 0.0295 e. The van der Waals surface area contributed by atoms with E-state index in [0.29, 0.717) is 0 Å². The first-order valence-corrected chi connectivity index (χ1v) is 7.82. The largest absolute Gasteiger partial charge is 0.324 e. The minimum absolute atomic E-state index is 0.203. The first-order valence-electron chi connectivity index (χ1n) is 7.82. The highest BCUT2D eigenvalue weighted by Crippen LogP contribution is 2.21. The molecule has 1 aromatic rings. The smallest absolute Gasteiger partial charge is 0.0295 e. The Hall–Kier alpha value is -0.860. The molecule has 0 amide bonds. The van der Waals surface area contributed by atoms with E-state index in [4.69, 9.17) is 5.73 Å². The van der Waals surface area contributed by atoms with Crippen molar-refractivity contribution in [2.24, 2.45) is 11.7 Å². The third kappa shape index (κ3) is 4.63. The summed E-state index contributed by atoms with van der Waals surface area (Å²) >= 11 is 0. The lowest BCUT2D eigenvalue weighted by atomic mass is 9.94. The summed E-state index contributed by atoms with van der Waals surface area (Å²) in [6.45, 7) is 6.12. The van der Waals surface area contributed by atoms with Gasteiger partial charge in [0.25, 0.3) is 0 Å². The van der Waals surface area contributed by atoms with Gasteiger partial charge in [-0.3, -0.25) is 0 Å². The molecule has 0 saturated carbocycles. The van der Waals surface area contributed by atoms with Gasteiger partial charge in [0.1, 0.15) is 0 Å². The predicted octanol–water partition coefficient (Wildman–Crippen LogP) is 3.59. The number of rotatable bonds is 6. The van der Waals surface area contributed by atoms with Crippen LogP contribution in [-0.4, -0.2) is 24.5 Å². The van der Waals surface area contributed by atoms with Crippen molar-refractivity contribution in [2.45, 2.75) is 45.1 Å². The number of nitrogens with zero attached hydrogens (tertiary/aromatic N) is 1. The molecule has 1 saturated heterocycles. The lowest BCUT2D eigenvalue weighted by Crippen LogP contribution is -2.34. The predicted molar refractivity (Wildman–Crippen MR) is 82.1 cm³/mol. The highest BCUT2D eigenvalue weighted by Gasteiger charge is 2.17. The van der Waals surface area contributed by atoms with Gasteiger partial charge in [0.15, 0.2) is 0 Å². The van der Waals surface area contributed by atoms with Crippen LogP contribution in [0.25, 0.3) is 0 Å². The summed E-state index contributed by atoms with van der Waals surface area (Å²) in [4.78, 5) is 2.61. The Morgan fingerprint density at radius 2 is 1.89 bits per heavy atom. The first kappa shape index (κ1) is 14.5. The van der Waals surface area contributed by atoms with E-state index >= 15 is 0 Å². The molecule has 0 aromatic heterocycles. The second-order valence-corrected chi connectivity index (χ2v) is 5.85. The summed E-state index contributed by atoms with van der Waals surface area (Å²) in [7, 11) is 0. The highest BCUT2D eigenvalue weighted by molar-refractivity contribution is 5.18. The van der Waals surface area contributed by atoms with E-state index in [9.17, 15) is 0 Å². The molecule has 19 heavy (non-hydrogen) atoms. The van der Waals surface area contributed by atoms with E-state index in [1.54, 1.807) is 0 Å². The molecular weight excluding hydrogens is 232 g/mol. The maximum atomic E-state index is 6.24. The maximum absolute atomic E-state index is 6.24. The summed E-state index contributed by atoms with van der Waals surface area (Å²) in [6.07, 6.45) is 6.44. The molecule has 1 aliphatic rings. The van der Waals surface area contributed by atoms with E-state index in [2.05, 4.69) is 36.1 Å². The average molecular weight is 260 g/mol. The molecule has 2 nitrogen and oxygen atoms in total. The highest BCUT2D eigenvalue weighted by atomic mass is 15.1. The fourth-order valence-corrected chi connectivity index (χ4v) is 3.02. The van der Waals surface area contributed by atoms with Crippen LogP contribution in [-0.2, 0) is 0 Å². The number of hydrogen-bond acceptors (Lipinski definition) is 2. The van der Waals surface area contributed by atoms with Gasteiger partial charge in [-0.15, -0.1) is 0 Å². The van der Waals surface area contributed by atoms with Crippen LogP contribution in [0.1, 0.15) is 50.6 Å². The molecule has 1 unspecified atom stereocenters. The summed E-state index contributed by atoms with van der Waals surface area (Å²) in [5.74, 6) is 0.975. The van der Waals surface area contributed by atoms with Gasteiger partial charge in [0.2, 0.25) is 0 Å². The topological polar surface area (TPSA) is 29.3 Å². The van der Waals surface area contributed by atoms with Crippen molar-refractivity contribution in [1.82, 2.24) is 4.90 Å². The third-order valence-electron chi connectivity index (χ3n) is 4.50. The quantitative estimate of drug-likeness (QED) is 0.847. The number of benzene rings is 1. The van der Waals surface area contributed by atoms with Gasteiger partial charge in [-0.1, -0.05) is 43.7 Å². The summed E-state index contributed by atoms with van der Waals surface area (Å²) in [5.41, 5.74) is 7.51. The van der Waals surface area contributed by atoms with E-state index in [1.807, 2.05) is 6.07 Å². The van der Waals surface area contributed by atoms with Crippen molar-refractivity contribution in [3.8, 4) is 0 Å². The van der Waals surface area contributed by atoms with E-state index in [1.165, 1.54) is 50.9 Å². The molecule has 1 aliphatic heterocycles. The molecule has 106 valence electrons. The Kier molecular flexibility index (Phi) is 5.87. The minimum Gasteiger partial charge on any atom is -0.324 e. The number of hydrogen-bond donors (Lipinski definition) is 1. The van der Waals surface area contributed by atoms with Crippen LogP contribution in [0.4, 0.5) is 0 Å². The molecule has 0 radical (unpaired) electrons. The Morgan fingerprint density at radius 1 is 1.21 bits per heavy atom. The lowest BCUT2D eigenvalue weighted by Gasteiger charge is -2.31. The summed E-state index contributed by atoms with van der Waals surface area (Å²) < 4.78 is 0. The standard InChI is InChI=1S/C17H28N2/c1-2-15-10-13-19(14-11-15)12-6-9-17(18)16-7-4-3-5-8-16/h3-5,7-8,15,17H,2,6,9-14,18H2,1H3. The molecule has 0 bridgehead atoms. The molecule has 2 rings (SSSR count). The van der Waals surface area contributed by atoms with Crippen molar-refractivity contribution < 1.29 is 0 Å². The van der Waals surface area contributed by atoms with Gasteiger partial charge in [-0.2, -0.15) is 0 Å². The summed E-state index contributed by atoms with van der Waals surface area (Å²) in [6, 6.07) is 10.7. The molecule has 1 aromatic carbocycles. The Morgan fingerprint density at radius 3 is 2.53 bits per heavy atom. The minimum atomic E-state index is 0.203. The van der Waals surface area contributed by atoms with Gasteiger partial charge in [-0.25, -0.2) is 0 Å². The molecule has 1 fully saturated rings. The van der Waals surface area contributed by atoms with Crippen LogP contribution >= 0.6 is 0 Å². The molecule has 1 atom stereocenters. The Balaban J connectivity index is 1.64. The molecular formula is C17H28N2. The second kappa shape index (κ2) is 7.66. The third-order valence-corrected chi connectivity index (χ3v) is 4.50. The van der Waals surface area contributed by atoms with Crippen LogP contribution in [0.5, 0.6) is 0 Å². The molecule has 0 spiro atoms. The van der Waals surface area contributed by atoms with Gasteiger partial charge in [-0.05, 0) is 56.8 Å². The molecule has 2 N–H and O–H groups in total. The van der Waals surface area contributed by atoms with Gasteiger partial charge >= 0.3 is 0 Å². The fraction of sp³-hybridized carbons (Fsp3) is 0.647. The lowest BCUT2D eigenvalue weighted by molar-refractivity contribution is 0.178. The van der Waals surface area contributed by atoms with Crippen molar-refractivity contribution in [3.05, 3.63) is 35.9 Å². The zero-order valence-electron chi connectivity index (χ0n) is 12.2. The van der Waals surface area contributed by atoms with Crippen LogP contribution in [0.2, 0.25) is 0 Å². The Labute approximate surface area is 118 Å². The number of nitrogens with two attached hydrogens (primary N) is 1. The zero-order chi connectivity index (χ0) is 13.5. The average Bonchev–Trinajstić information content (AvgIpc) is 2.49. The molecule has 0 aliphatic carbocycles. The van der Waals surface area contributed by atoms with E-state index in [-0.39, 0.29) is 6.04 Å². The summed E-state index contributed by atoms with van der Waals surface area (Å²) in [5, 5.41) is 0. The zero-order valence-corrected chi connectivity index (χ0v) is 12.2. The van der Waals surface area contributed by atoms with Gasteiger partial charge in [0, 0.05) is 6.04 Å². The number of piperidine rings is 1. The Bertz CT molecular complexity index is 342. The van der Waals surface area contributed by atoms with Gasteiger partial charge < -0.3 is 10.6 Å². The van der Waals surface area contributed by atoms with Crippen LogP contribution in [0.15, 0.2) is 30.3 Å². The second-order valence-electron chi connectivity index (χ2n) is 5.85. The van der Waals surface area contributed by atoms with E-state index in [0.717, 1.165) is 12.3 Å². The number of likely N-dealkylation sites (tertiary alicyclic amines) is 1. The van der Waals surface area contributed by atoms with Crippen molar-refractivity contribution >= 4 is 0 Å². The molecule has 1 heterocycles. The fourth-order valence-electron chi connectivity index (χ4n) is 3.02. The molecule has 2 heteroatoms. The van der Waals surface area contributed by atoms with Crippen LogP contribution in [0.3, 0.4) is 0 Å². The normalized spacial score (nSPS) is 19.5. The van der Waals surface area contributed by atoms with Crippen molar-refractivity contribution in [2.75, 3.05) is 19.6 Å². The van der Waals surface area contributed by atoms with Crippen molar-refractivity contribution in [3.63, 3.8) is 0 Å². The van der Waals surface area contributed by atoms with Crippen molar-refractivity contribution in [1.29, 1.82) is 0 Å². The SMILES string of the molecule is CCC1CCN(CCCC(N)c2ccccc2)CC1. The van der Waals surface area contributed by atoms with E-state index < -0.39 is 0 Å². The first-order chi connectivity index (χ1) is 9.29.